The third-order valence-electron chi connectivity index (χ3n) is 6.72. The molecule has 2 fully saturated rings. The fourth-order valence-electron chi connectivity index (χ4n) is 4.64. The molecular weight excluding hydrogens is 480 g/mol. The number of fused-ring (bicyclic) bond motifs is 1. The van der Waals surface area contributed by atoms with Crippen molar-refractivity contribution in [3.8, 4) is 11.4 Å². The maximum Gasteiger partial charge on any atom is 0.219 e. The molecule has 2 saturated heterocycles. The highest BCUT2D eigenvalue weighted by molar-refractivity contribution is 7.19. The minimum atomic E-state index is -1.30. The predicted octanol–water partition coefficient (Wildman–Crippen LogP) is 0.943. The van der Waals surface area contributed by atoms with Crippen LogP contribution in [0.4, 0.5) is 11.8 Å². The monoisotopic (exact) mass is 512 g/mol. The van der Waals surface area contributed by atoms with Crippen LogP contribution < -0.4 is 10.6 Å². The van der Waals surface area contributed by atoms with Crippen LogP contribution in [-0.4, -0.2) is 106 Å². The van der Waals surface area contributed by atoms with Gasteiger partial charge in [0.1, 0.15) is 5.60 Å². The van der Waals surface area contributed by atoms with Gasteiger partial charge in [0, 0.05) is 69.6 Å². The number of morpholine rings is 1. The lowest BCUT2D eigenvalue weighted by Crippen LogP contribution is -2.51. The molecule has 1 atom stereocenters. The first kappa shape index (κ1) is 24.9. The van der Waals surface area contributed by atoms with Crippen LogP contribution in [0.3, 0.4) is 0 Å². The van der Waals surface area contributed by atoms with E-state index < -0.39 is 5.60 Å². The lowest BCUT2D eigenvalue weighted by molar-refractivity contribution is -0.124. The summed E-state index contributed by atoms with van der Waals surface area (Å²) in [6.07, 6.45) is 3.95. The molecule has 1 unspecified atom stereocenters. The molecule has 0 amide bonds. The van der Waals surface area contributed by atoms with E-state index in [9.17, 15) is 9.90 Å². The van der Waals surface area contributed by atoms with E-state index in [1.54, 1.807) is 30.7 Å². The van der Waals surface area contributed by atoms with Crippen LogP contribution in [0.25, 0.3) is 21.6 Å². The predicted molar refractivity (Wildman–Crippen MR) is 139 cm³/mol. The van der Waals surface area contributed by atoms with Gasteiger partial charge in [-0.25, -0.2) is 19.9 Å². The number of aromatic nitrogens is 4. The highest BCUT2D eigenvalue weighted by Crippen LogP contribution is 2.38. The minimum absolute atomic E-state index is 0.220. The molecule has 2 aliphatic rings. The molecule has 5 heterocycles. The average molecular weight is 513 g/mol. The Kier molecular flexibility index (Phi) is 7.13. The van der Waals surface area contributed by atoms with E-state index in [1.165, 1.54) is 4.88 Å². The molecule has 12 heteroatoms. The first-order chi connectivity index (χ1) is 17.3. The number of aliphatic hydroxyl groups is 1. The average Bonchev–Trinajstić information content (AvgIpc) is 3.20. The fraction of sp³-hybridized carbons (Fsp3) is 0.542. The number of hydrogen-bond donors (Lipinski definition) is 2. The highest BCUT2D eigenvalue weighted by Gasteiger charge is 2.27. The van der Waals surface area contributed by atoms with Crippen molar-refractivity contribution in [3.63, 3.8) is 0 Å². The molecule has 0 radical (unpaired) electrons. The van der Waals surface area contributed by atoms with Gasteiger partial charge in [-0.05, 0) is 19.4 Å². The molecule has 0 saturated carbocycles. The van der Waals surface area contributed by atoms with Crippen molar-refractivity contribution in [2.24, 2.45) is 0 Å². The maximum absolute atomic E-state index is 11.1. The first-order valence-corrected chi connectivity index (χ1v) is 13.0. The second-order valence-electron chi connectivity index (χ2n) is 9.66. The van der Waals surface area contributed by atoms with Crippen LogP contribution >= 0.6 is 11.3 Å². The van der Waals surface area contributed by atoms with E-state index in [1.807, 2.05) is 0 Å². The normalized spacial score (nSPS) is 19.5. The van der Waals surface area contributed by atoms with Gasteiger partial charge in [-0.15, -0.1) is 11.3 Å². The van der Waals surface area contributed by atoms with Crippen LogP contribution in [0.2, 0.25) is 0 Å². The molecule has 5 rings (SSSR count). The van der Waals surface area contributed by atoms with Gasteiger partial charge in [0.15, 0.2) is 17.9 Å². The van der Waals surface area contributed by atoms with Gasteiger partial charge in [-0.3, -0.25) is 9.80 Å². The number of piperazine rings is 1. The summed E-state index contributed by atoms with van der Waals surface area (Å²) in [6, 6.07) is 0. The Hall–Kier alpha value is -2.77. The molecule has 3 aromatic heterocycles. The molecule has 0 bridgehead atoms. The van der Waals surface area contributed by atoms with Gasteiger partial charge in [0.05, 0.1) is 29.0 Å². The van der Waals surface area contributed by atoms with Crippen molar-refractivity contribution in [1.29, 1.82) is 0 Å². The van der Waals surface area contributed by atoms with Gasteiger partial charge >= 0.3 is 0 Å². The number of nitrogens with two attached hydrogens (primary N) is 1. The summed E-state index contributed by atoms with van der Waals surface area (Å²) < 4.78 is 6.66. The topological polar surface area (TPSA) is 134 Å². The van der Waals surface area contributed by atoms with Gasteiger partial charge in [0.25, 0.3) is 0 Å². The number of ether oxygens (including phenoxy) is 1. The Balaban J connectivity index is 1.42. The van der Waals surface area contributed by atoms with E-state index in [4.69, 9.17) is 20.4 Å². The molecule has 3 N–H and O–H groups in total. The lowest BCUT2D eigenvalue weighted by Gasteiger charge is -2.36. The fourth-order valence-corrected chi connectivity index (χ4v) is 5.94. The number of rotatable bonds is 7. The van der Waals surface area contributed by atoms with Crippen LogP contribution in [0.1, 0.15) is 17.4 Å². The summed E-state index contributed by atoms with van der Waals surface area (Å²) >= 11 is 1.76. The molecule has 36 heavy (non-hydrogen) atoms. The summed E-state index contributed by atoms with van der Waals surface area (Å²) in [5.41, 5.74) is 7.24. The molecule has 0 aromatic carbocycles. The number of carbonyl (C=O) groups is 1. The Bertz CT molecular complexity index is 1220. The number of carbonyl (C=O) groups excluding carboxylic acids is 1. The Labute approximate surface area is 213 Å². The summed E-state index contributed by atoms with van der Waals surface area (Å²) in [5, 5.41) is 10.1. The number of hydrogen-bond acceptors (Lipinski definition) is 12. The molecule has 0 aliphatic carbocycles. The first-order valence-electron chi connectivity index (χ1n) is 12.2. The lowest BCUT2D eigenvalue weighted by atomic mass is 10.1. The Morgan fingerprint density at radius 1 is 1.11 bits per heavy atom. The van der Waals surface area contributed by atoms with Gasteiger partial charge in [-0.2, -0.15) is 0 Å². The summed E-state index contributed by atoms with van der Waals surface area (Å²) in [7, 11) is 0. The number of β-amino-alcohol motifs (C(OH)–C–C–N with tert-alkyl or cyclic N) is 1. The van der Waals surface area contributed by atoms with E-state index in [2.05, 4.69) is 31.6 Å². The smallest absolute Gasteiger partial charge is 0.219 e. The Morgan fingerprint density at radius 2 is 1.78 bits per heavy atom. The molecule has 192 valence electrons. The molecule has 0 spiro atoms. The SMILES string of the molecule is Cc1c(CN2CCN(CC(C)(O)C=O)CC2)sc2c(N3CCOCC3)nc(-c3cnc(N)nc3)nc12. The molecular formula is C24H32N8O3S. The molecule has 3 aromatic rings. The number of aldehydes is 1. The van der Waals surface area contributed by atoms with Crippen molar-refractivity contribution in [3.05, 3.63) is 22.8 Å². The second kappa shape index (κ2) is 10.3. The highest BCUT2D eigenvalue weighted by atomic mass is 32.1. The third kappa shape index (κ3) is 5.32. The molecule has 2 aliphatic heterocycles. The van der Waals surface area contributed by atoms with Crippen molar-refractivity contribution >= 4 is 39.6 Å². The maximum atomic E-state index is 11.1. The summed E-state index contributed by atoms with van der Waals surface area (Å²) in [5.74, 6) is 1.74. The number of nitrogen functional groups attached to an aromatic ring is 1. The Morgan fingerprint density at radius 3 is 2.44 bits per heavy atom. The van der Waals surface area contributed by atoms with E-state index in [-0.39, 0.29) is 5.95 Å². The zero-order valence-electron chi connectivity index (χ0n) is 20.7. The van der Waals surface area contributed by atoms with Crippen molar-refractivity contribution in [1.82, 2.24) is 29.7 Å². The van der Waals surface area contributed by atoms with E-state index in [0.717, 1.165) is 73.0 Å². The zero-order chi connectivity index (χ0) is 25.3. The number of nitrogens with zero attached hydrogens (tertiary/aromatic N) is 7. The van der Waals surface area contributed by atoms with Gasteiger partial charge < -0.3 is 25.3 Å². The number of thiophene rings is 1. The standard InChI is InChI=1S/C24H32N8O3S/c1-16-18(13-30-3-5-31(6-4-30)14-24(2,34)15-33)36-20-19(16)28-21(17-11-26-23(25)27-12-17)29-22(20)32-7-9-35-10-8-32/h11-12,15,34H,3-10,13-14H2,1-2H3,(H2,25,26,27). The third-order valence-corrected chi connectivity index (χ3v) is 7.98. The summed E-state index contributed by atoms with van der Waals surface area (Å²) in [6.45, 7) is 11.2. The van der Waals surface area contributed by atoms with Crippen LogP contribution in [0.15, 0.2) is 12.4 Å². The summed E-state index contributed by atoms with van der Waals surface area (Å²) in [4.78, 5) is 37.3. The van der Waals surface area contributed by atoms with E-state index >= 15 is 0 Å². The quantitative estimate of drug-likeness (QED) is 0.438. The van der Waals surface area contributed by atoms with Crippen LogP contribution in [-0.2, 0) is 16.1 Å². The van der Waals surface area contributed by atoms with Crippen LogP contribution in [0, 0.1) is 6.92 Å². The number of aryl methyl sites for hydroxylation is 1. The zero-order valence-corrected chi connectivity index (χ0v) is 21.5. The van der Waals surface area contributed by atoms with Gasteiger partial charge in [0.2, 0.25) is 5.95 Å². The minimum Gasteiger partial charge on any atom is -0.381 e. The van der Waals surface area contributed by atoms with Crippen LogP contribution in [0.5, 0.6) is 0 Å². The van der Waals surface area contributed by atoms with Crippen molar-refractivity contribution in [2.45, 2.75) is 26.0 Å². The second-order valence-corrected chi connectivity index (χ2v) is 10.8. The number of anilines is 2. The van der Waals surface area contributed by atoms with E-state index in [0.29, 0.717) is 31.9 Å². The van der Waals surface area contributed by atoms with Crippen molar-refractivity contribution in [2.75, 3.05) is 69.7 Å². The van der Waals surface area contributed by atoms with Gasteiger partial charge in [-0.1, -0.05) is 0 Å². The largest absolute Gasteiger partial charge is 0.381 e. The molecule has 11 nitrogen and oxygen atoms in total. The van der Waals surface area contributed by atoms with Crippen molar-refractivity contribution < 1.29 is 14.6 Å².